The maximum absolute atomic E-state index is 13.4. The highest BCUT2D eigenvalue weighted by Crippen LogP contribution is 2.35. The lowest BCUT2D eigenvalue weighted by Crippen LogP contribution is -2.45. The van der Waals surface area contributed by atoms with Crippen molar-refractivity contribution in [2.75, 3.05) is 0 Å². The van der Waals surface area contributed by atoms with Crippen LogP contribution in [0.4, 0.5) is 0 Å². The van der Waals surface area contributed by atoms with Gasteiger partial charge in [0.15, 0.2) is 5.79 Å². The molecule has 0 saturated carbocycles. The lowest BCUT2D eigenvalue weighted by Gasteiger charge is -2.38. The summed E-state index contributed by atoms with van der Waals surface area (Å²) in [5.74, 6) is -4.25. The van der Waals surface area contributed by atoms with Crippen molar-refractivity contribution in [2.45, 2.75) is 137 Å². The Hall–Kier alpha value is -1.84. The molecule has 2 aliphatic rings. The molecule has 0 aliphatic carbocycles. The van der Waals surface area contributed by atoms with Crippen LogP contribution in [-0.2, 0) is 19.1 Å². The SMILES string of the molecule is CCC(=O)C(C)C(O)C(C)CC(C)C1OC(=O)CC2(O)CC=C(C)C(O2)/C(C)=C/CCCC(O)/C=C/C(C)C(O)C1C. The average molecular weight is 593 g/mol. The van der Waals surface area contributed by atoms with Crippen molar-refractivity contribution >= 4 is 11.8 Å². The van der Waals surface area contributed by atoms with Crippen molar-refractivity contribution < 1.29 is 39.5 Å². The molecule has 2 aliphatic heterocycles. The second-order valence-corrected chi connectivity index (χ2v) is 13.1. The highest BCUT2D eigenvalue weighted by atomic mass is 16.6. The summed E-state index contributed by atoms with van der Waals surface area (Å²) in [6.45, 7) is 14.9. The van der Waals surface area contributed by atoms with Gasteiger partial charge in [-0.2, -0.15) is 0 Å². The second-order valence-electron chi connectivity index (χ2n) is 13.1. The molecule has 0 radical (unpaired) electrons. The standard InChI is InChI=1S/C34H56O8/c1-9-28(36)25(7)31(39)23(5)18-24(6)33-26(8)30(38)20(2)14-15-27(35)13-11-10-12-21(3)32-22(4)16-17-34(40,42-32)19-29(37)41-33/h12,14-16,20,23-27,30-33,35,38-40H,9-11,13,17-19H2,1-8H3/b15-14+,21-12+. The molecule has 42 heavy (non-hydrogen) atoms. The minimum absolute atomic E-state index is 0.00960. The van der Waals surface area contributed by atoms with Gasteiger partial charge in [-0.25, -0.2) is 0 Å². The van der Waals surface area contributed by atoms with Gasteiger partial charge in [0, 0.05) is 30.6 Å². The fourth-order valence-corrected chi connectivity index (χ4v) is 6.33. The van der Waals surface area contributed by atoms with E-state index in [1.807, 2.05) is 53.7 Å². The van der Waals surface area contributed by atoms with Crippen LogP contribution in [0.1, 0.15) is 100 Å². The minimum Gasteiger partial charge on any atom is -0.462 e. The van der Waals surface area contributed by atoms with E-state index in [1.165, 1.54) is 0 Å². The first-order chi connectivity index (χ1) is 19.6. The van der Waals surface area contributed by atoms with Crippen LogP contribution >= 0.6 is 0 Å². The predicted octanol–water partition coefficient (Wildman–Crippen LogP) is 5.03. The van der Waals surface area contributed by atoms with Gasteiger partial charge in [0.2, 0.25) is 0 Å². The Labute approximate surface area is 252 Å². The van der Waals surface area contributed by atoms with Gasteiger partial charge in [-0.05, 0) is 62.5 Å². The van der Waals surface area contributed by atoms with E-state index < -0.39 is 54.1 Å². The average Bonchev–Trinajstić information content (AvgIpc) is 2.95. The molecule has 8 nitrogen and oxygen atoms in total. The molecular formula is C34H56O8. The summed E-state index contributed by atoms with van der Waals surface area (Å²) >= 11 is 0. The van der Waals surface area contributed by atoms with E-state index in [-0.39, 0.29) is 36.4 Å². The summed E-state index contributed by atoms with van der Waals surface area (Å²) in [6.07, 6.45) is 6.51. The van der Waals surface area contributed by atoms with Gasteiger partial charge in [0.1, 0.15) is 18.0 Å². The summed E-state index contributed by atoms with van der Waals surface area (Å²) in [5.41, 5.74) is 1.89. The molecule has 0 amide bonds. The van der Waals surface area contributed by atoms with Crippen molar-refractivity contribution in [3.63, 3.8) is 0 Å². The third-order valence-electron chi connectivity index (χ3n) is 9.25. The molecule has 11 atom stereocenters. The maximum Gasteiger partial charge on any atom is 0.311 e. The lowest BCUT2D eigenvalue weighted by molar-refractivity contribution is -0.230. The van der Waals surface area contributed by atoms with Crippen LogP contribution < -0.4 is 0 Å². The van der Waals surface area contributed by atoms with Crippen molar-refractivity contribution in [1.29, 1.82) is 0 Å². The van der Waals surface area contributed by atoms with E-state index in [1.54, 1.807) is 26.0 Å². The highest BCUT2D eigenvalue weighted by Gasteiger charge is 2.41. The fourth-order valence-electron chi connectivity index (χ4n) is 6.33. The van der Waals surface area contributed by atoms with Crippen molar-refractivity contribution in [3.05, 3.63) is 35.5 Å². The van der Waals surface area contributed by atoms with Crippen LogP contribution in [-0.4, -0.2) is 68.5 Å². The second kappa shape index (κ2) is 16.3. The number of rotatable bonds is 7. The Morgan fingerprint density at radius 2 is 1.74 bits per heavy atom. The quantitative estimate of drug-likeness (QED) is 0.239. The number of fused-ring (bicyclic) bond motifs is 2. The molecular weight excluding hydrogens is 536 g/mol. The van der Waals surface area contributed by atoms with Crippen LogP contribution in [0.25, 0.3) is 0 Å². The van der Waals surface area contributed by atoms with E-state index in [0.29, 0.717) is 19.3 Å². The van der Waals surface area contributed by atoms with Gasteiger partial charge < -0.3 is 29.9 Å². The molecule has 2 heterocycles. The van der Waals surface area contributed by atoms with Crippen molar-refractivity contribution in [2.24, 2.45) is 29.6 Å². The maximum atomic E-state index is 13.4. The van der Waals surface area contributed by atoms with Crippen LogP contribution in [0.3, 0.4) is 0 Å². The molecule has 4 N–H and O–H groups in total. The van der Waals surface area contributed by atoms with Crippen LogP contribution in [0, 0.1) is 29.6 Å². The van der Waals surface area contributed by atoms with Gasteiger partial charge in [-0.1, -0.05) is 65.8 Å². The number of aliphatic hydroxyl groups excluding tert-OH is 3. The van der Waals surface area contributed by atoms with Gasteiger partial charge in [-0.3, -0.25) is 9.59 Å². The predicted molar refractivity (Wildman–Crippen MR) is 163 cm³/mol. The van der Waals surface area contributed by atoms with Crippen molar-refractivity contribution in [3.8, 4) is 0 Å². The number of Topliss-reactive ketones (excluding diaryl/α,β-unsaturated/α-hetero) is 1. The van der Waals surface area contributed by atoms with Crippen LogP contribution in [0.2, 0.25) is 0 Å². The van der Waals surface area contributed by atoms with E-state index in [2.05, 4.69) is 0 Å². The summed E-state index contributed by atoms with van der Waals surface area (Å²) < 4.78 is 12.1. The Kier molecular flexibility index (Phi) is 14.1. The number of allylic oxidation sites excluding steroid dienone is 1. The van der Waals surface area contributed by atoms with E-state index in [4.69, 9.17) is 9.47 Å². The summed E-state index contributed by atoms with van der Waals surface area (Å²) in [5, 5.41) is 44.0. The molecule has 2 rings (SSSR count). The first-order valence-electron chi connectivity index (χ1n) is 15.8. The van der Waals surface area contributed by atoms with Crippen molar-refractivity contribution in [1.82, 2.24) is 0 Å². The first-order valence-corrected chi connectivity index (χ1v) is 15.8. The molecule has 0 aromatic carbocycles. The molecule has 0 aromatic heterocycles. The molecule has 0 fully saturated rings. The number of esters is 1. The number of cyclic esters (lactones) is 1. The largest absolute Gasteiger partial charge is 0.462 e. The third-order valence-corrected chi connectivity index (χ3v) is 9.25. The first kappa shape index (κ1) is 36.4. The molecule has 0 aromatic rings. The zero-order chi connectivity index (χ0) is 31.8. The summed E-state index contributed by atoms with van der Waals surface area (Å²) in [6, 6.07) is 0. The third kappa shape index (κ3) is 10.1. The monoisotopic (exact) mass is 592 g/mol. The molecule has 8 heteroatoms. The summed E-state index contributed by atoms with van der Waals surface area (Å²) in [4.78, 5) is 25.6. The Bertz CT molecular complexity index is 986. The summed E-state index contributed by atoms with van der Waals surface area (Å²) in [7, 11) is 0. The zero-order valence-electron chi connectivity index (χ0n) is 27.0. The smallest absolute Gasteiger partial charge is 0.311 e. The van der Waals surface area contributed by atoms with Gasteiger partial charge in [0.05, 0.1) is 24.7 Å². The Morgan fingerprint density at radius 1 is 1.10 bits per heavy atom. The van der Waals surface area contributed by atoms with E-state index >= 15 is 0 Å². The number of hydrogen-bond acceptors (Lipinski definition) is 8. The molecule has 240 valence electrons. The zero-order valence-corrected chi connectivity index (χ0v) is 27.0. The van der Waals surface area contributed by atoms with E-state index in [9.17, 15) is 30.0 Å². The van der Waals surface area contributed by atoms with Gasteiger partial charge >= 0.3 is 5.97 Å². The molecule has 2 bridgehead atoms. The Balaban J connectivity index is 2.37. The van der Waals surface area contributed by atoms with E-state index in [0.717, 1.165) is 24.0 Å². The van der Waals surface area contributed by atoms with Crippen LogP contribution in [0.15, 0.2) is 35.5 Å². The number of ketones is 1. The minimum atomic E-state index is -1.73. The number of ether oxygens (including phenoxy) is 2. The number of aliphatic hydroxyl groups is 4. The molecule has 11 unspecified atom stereocenters. The highest BCUT2D eigenvalue weighted by molar-refractivity contribution is 5.80. The number of hydrogen-bond donors (Lipinski definition) is 4. The normalized spacial score (nSPS) is 37.0. The topological polar surface area (TPSA) is 134 Å². The fraction of sp³-hybridized carbons (Fsp3) is 0.765. The Morgan fingerprint density at radius 3 is 2.38 bits per heavy atom. The van der Waals surface area contributed by atoms with Gasteiger partial charge in [0.25, 0.3) is 0 Å². The van der Waals surface area contributed by atoms with Crippen LogP contribution in [0.5, 0.6) is 0 Å². The van der Waals surface area contributed by atoms with Gasteiger partial charge in [-0.15, -0.1) is 0 Å². The lowest BCUT2D eigenvalue weighted by atomic mass is 9.78. The molecule has 0 spiro atoms. The molecule has 0 saturated heterocycles. The number of carbonyl (C=O) groups excluding carboxylic acids is 2. The number of carbonyl (C=O) groups is 2.